The lowest BCUT2D eigenvalue weighted by Crippen LogP contribution is -2.35. The van der Waals surface area contributed by atoms with Gasteiger partial charge in [-0.2, -0.15) is 0 Å². The molecule has 1 rings (SSSR count). The molecule has 1 N–H and O–H groups in total. The van der Waals surface area contributed by atoms with Gasteiger partial charge in [0.1, 0.15) is 11.9 Å². The fourth-order valence-corrected chi connectivity index (χ4v) is 2.14. The summed E-state index contributed by atoms with van der Waals surface area (Å²) in [6.07, 6.45) is 2.27. The normalized spacial score (nSPS) is 12.8. The van der Waals surface area contributed by atoms with Crippen LogP contribution in [0.3, 0.4) is 0 Å². The lowest BCUT2D eigenvalue weighted by atomic mass is 10.2. The summed E-state index contributed by atoms with van der Waals surface area (Å²) < 4.78 is 6.97. The lowest BCUT2D eigenvalue weighted by Gasteiger charge is -2.21. The average molecular weight is 335 g/mol. The van der Waals surface area contributed by atoms with Gasteiger partial charge in [-0.15, -0.1) is 0 Å². The zero-order valence-corrected chi connectivity index (χ0v) is 13.5. The van der Waals surface area contributed by atoms with Crippen molar-refractivity contribution in [3.63, 3.8) is 0 Å². The first kappa shape index (κ1) is 15.8. The average Bonchev–Trinajstić information content (AvgIpc) is 2.31. The van der Waals surface area contributed by atoms with E-state index in [4.69, 9.17) is 16.3 Å². The van der Waals surface area contributed by atoms with Gasteiger partial charge in [0.2, 0.25) is 0 Å². The summed E-state index contributed by atoms with van der Waals surface area (Å²) in [5, 5.41) is 4.06. The van der Waals surface area contributed by atoms with Crippen molar-refractivity contribution in [2.45, 2.75) is 45.8 Å². The van der Waals surface area contributed by atoms with E-state index in [-0.39, 0.29) is 6.10 Å². The number of nitrogens with one attached hydrogen (secondary N) is 1. The number of halogens is 2. The lowest BCUT2D eigenvalue weighted by molar-refractivity contribution is 0.183. The quantitative estimate of drug-likeness (QED) is 0.784. The van der Waals surface area contributed by atoms with E-state index in [0.29, 0.717) is 11.1 Å². The number of ether oxygens (including phenoxy) is 1. The number of hydrogen-bond donors (Lipinski definition) is 1. The highest BCUT2D eigenvalue weighted by Crippen LogP contribution is 2.29. The summed E-state index contributed by atoms with van der Waals surface area (Å²) in [4.78, 5) is 0. The molecule has 1 aromatic carbocycles. The Labute approximate surface area is 123 Å². The molecule has 0 saturated carbocycles. The predicted octanol–water partition coefficient (Wildman–Crippen LogP) is 4.65. The highest BCUT2D eigenvalue weighted by atomic mass is 79.9. The van der Waals surface area contributed by atoms with Gasteiger partial charge in [0, 0.05) is 17.1 Å². The molecule has 0 fully saturated rings. The minimum Gasteiger partial charge on any atom is -0.488 e. The van der Waals surface area contributed by atoms with Crippen LogP contribution >= 0.6 is 27.5 Å². The predicted molar refractivity (Wildman–Crippen MR) is 81.6 cm³/mol. The molecule has 2 nitrogen and oxygen atoms in total. The van der Waals surface area contributed by atoms with Crippen molar-refractivity contribution in [3.05, 3.63) is 27.7 Å². The Morgan fingerprint density at radius 3 is 2.72 bits per heavy atom. The summed E-state index contributed by atoms with van der Waals surface area (Å²) >= 11 is 9.57. The van der Waals surface area contributed by atoms with Crippen LogP contribution in [0.2, 0.25) is 5.02 Å². The fraction of sp³-hybridized carbons (Fsp3) is 0.571. The third-order valence-corrected chi connectivity index (χ3v) is 3.36. The molecule has 1 aromatic rings. The standard InChI is InChI=1S/C14H21BrClNO/c1-4-5-12(9-17-10(2)3)18-14-8-11(15)6-7-13(14)16/h6-8,10,12,17H,4-5,9H2,1-3H3. The van der Waals surface area contributed by atoms with Crippen LogP contribution in [0.4, 0.5) is 0 Å². The van der Waals surface area contributed by atoms with Gasteiger partial charge >= 0.3 is 0 Å². The SMILES string of the molecule is CCCC(CNC(C)C)Oc1cc(Br)ccc1Cl. The van der Waals surface area contributed by atoms with Gasteiger partial charge in [-0.1, -0.05) is 54.7 Å². The molecule has 0 aliphatic carbocycles. The van der Waals surface area contributed by atoms with Gasteiger partial charge in [-0.3, -0.25) is 0 Å². The maximum absolute atomic E-state index is 6.14. The monoisotopic (exact) mass is 333 g/mol. The van der Waals surface area contributed by atoms with Gasteiger partial charge in [-0.25, -0.2) is 0 Å². The Balaban J connectivity index is 2.66. The molecular weight excluding hydrogens is 314 g/mol. The van der Waals surface area contributed by atoms with Crippen LogP contribution in [0.5, 0.6) is 5.75 Å². The zero-order chi connectivity index (χ0) is 13.5. The second kappa shape index (κ2) is 8.03. The summed E-state index contributed by atoms with van der Waals surface area (Å²) in [6, 6.07) is 6.14. The van der Waals surface area contributed by atoms with E-state index in [0.717, 1.165) is 29.6 Å². The van der Waals surface area contributed by atoms with E-state index >= 15 is 0 Å². The summed E-state index contributed by atoms with van der Waals surface area (Å²) in [7, 11) is 0. The maximum atomic E-state index is 6.14. The van der Waals surface area contributed by atoms with E-state index < -0.39 is 0 Å². The minimum atomic E-state index is 0.157. The molecule has 0 radical (unpaired) electrons. The molecule has 0 amide bonds. The molecule has 0 aliphatic heterocycles. The third kappa shape index (κ3) is 5.59. The van der Waals surface area contributed by atoms with E-state index in [1.165, 1.54) is 0 Å². The van der Waals surface area contributed by atoms with Crippen LogP contribution in [0.1, 0.15) is 33.6 Å². The molecule has 0 aromatic heterocycles. The van der Waals surface area contributed by atoms with Gasteiger partial charge in [-0.05, 0) is 24.6 Å². The number of rotatable bonds is 7. The molecule has 102 valence electrons. The first-order chi connectivity index (χ1) is 8.52. The van der Waals surface area contributed by atoms with Gasteiger partial charge < -0.3 is 10.1 Å². The summed E-state index contributed by atoms with van der Waals surface area (Å²) in [5.74, 6) is 0.745. The molecular formula is C14H21BrClNO. The van der Waals surface area contributed by atoms with Crippen LogP contribution in [0.15, 0.2) is 22.7 Å². The van der Waals surface area contributed by atoms with Crippen molar-refractivity contribution in [1.29, 1.82) is 0 Å². The number of benzene rings is 1. The number of hydrogen-bond acceptors (Lipinski definition) is 2. The Hall–Kier alpha value is -0.250. The minimum absolute atomic E-state index is 0.157. The molecule has 4 heteroatoms. The Morgan fingerprint density at radius 1 is 1.39 bits per heavy atom. The van der Waals surface area contributed by atoms with Gasteiger partial charge in [0.15, 0.2) is 0 Å². The first-order valence-electron chi connectivity index (χ1n) is 6.38. The molecule has 0 heterocycles. The molecule has 0 bridgehead atoms. The van der Waals surface area contributed by atoms with Crippen molar-refractivity contribution in [1.82, 2.24) is 5.32 Å². The summed E-state index contributed by atoms with van der Waals surface area (Å²) in [6.45, 7) is 7.27. The van der Waals surface area contributed by atoms with E-state index in [2.05, 4.69) is 42.0 Å². The molecule has 1 unspecified atom stereocenters. The molecule has 0 spiro atoms. The Kier molecular flexibility index (Phi) is 7.05. The van der Waals surface area contributed by atoms with Crippen molar-refractivity contribution in [3.8, 4) is 5.75 Å². The maximum Gasteiger partial charge on any atom is 0.139 e. The second-order valence-electron chi connectivity index (χ2n) is 4.67. The van der Waals surface area contributed by atoms with Gasteiger partial charge in [0.25, 0.3) is 0 Å². The molecule has 0 aliphatic rings. The van der Waals surface area contributed by atoms with E-state index in [1.54, 1.807) is 0 Å². The molecule has 1 atom stereocenters. The van der Waals surface area contributed by atoms with Crippen molar-refractivity contribution in [2.24, 2.45) is 0 Å². The first-order valence-corrected chi connectivity index (χ1v) is 7.55. The third-order valence-electron chi connectivity index (χ3n) is 2.55. The second-order valence-corrected chi connectivity index (χ2v) is 5.99. The Morgan fingerprint density at radius 2 is 2.11 bits per heavy atom. The van der Waals surface area contributed by atoms with Crippen LogP contribution in [0.25, 0.3) is 0 Å². The van der Waals surface area contributed by atoms with Crippen molar-refractivity contribution in [2.75, 3.05) is 6.54 Å². The van der Waals surface area contributed by atoms with Crippen molar-refractivity contribution >= 4 is 27.5 Å². The van der Waals surface area contributed by atoms with Crippen LogP contribution in [0, 0.1) is 0 Å². The van der Waals surface area contributed by atoms with Gasteiger partial charge in [0.05, 0.1) is 5.02 Å². The highest BCUT2D eigenvalue weighted by molar-refractivity contribution is 9.10. The topological polar surface area (TPSA) is 21.3 Å². The summed E-state index contributed by atoms with van der Waals surface area (Å²) in [5.41, 5.74) is 0. The van der Waals surface area contributed by atoms with Crippen molar-refractivity contribution < 1.29 is 4.74 Å². The molecule has 0 saturated heterocycles. The Bertz CT molecular complexity index is 371. The smallest absolute Gasteiger partial charge is 0.139 e. The highest BCUT2D eigenvalue weighted by Gasteiger charge is 2.12. The van der Waals surface area contributed by atoms with Crippen LogP contribution in [-0.4, -0.2) is 18.7 Å². The van der Waals surface area contributed by atoms with Crippen LogP contribution < -0.4 is 10.1 Å². The molecule has 18 heavy (non-hydrogen) atoms. The fourth-order valence-electron chi connectivity index (χ4n) is 1.64. The van der Waals surface area contributed by atoms with E-state index in [9.17, 15) is 0 Å². The van der Waals surface area contributed by atoms with E-state index in [1.807, 2.05) is 18.2 Å². The largest absolute Gasteiger partial charge is 0.488 e. The zero-order valence-electron chi connectivity index (χ0n) is 11.2. The van der Waals surface area contributed by atoms with Crippen LogP contribution in [-0.2, 0) is 0 Å².